The summed E-state index contributed by atoms with van der Waals surface area (Å²) in [5.41, 5.74) is 0. The van der Waals surface area contributed by atoms with E-state index in [0.29, 0.717) is 17.8 Å². The van der Waals surface area contributed by atoms with Gasteiger partial charge in [-0.15, -0.1) is 0 Å². The van der Waals surface area contributed by atoms with Gasteiger partial charge in [-0.2, -0.15) is 4.98 Å². The molecule has 6 nitrogen and oxygen atoms in total. The maximum Gasteiger partial charge on any atom is 0.236 e. The highest BCUT2D eigenvalue weighted by molar-refractivity contribution is 5.81. The van der Waals surface area contributed by atoms with Crippen molar-refractivity contribution in [1.82, 2.24) is 19.9 Å². The van der Waals surface area contributed by atoms with Crippen LogP contribution in [0.5, 0.6) is 0 Å². The fourth-order valence-corrected chi connectivity index (χ4v) is 2.23. The van der Waals surface area contributed by atoms with E-state index >= 15 is 0 Å². The topological polar surface area (TPSA) is 62.5 Å². The molecule has 2 unspecified atom stereocenters. The summed E-state index contributed by atoms with van der Waals surface area (Å²) in [6.07, 6.45) is 0.759. The molecule has 0 radical (unpaired) electrons. The predicted molar refractivity (Wildman–Crippen MR) is 71.0 cm³/mol. The molecule has 0 saturated carbocycles. The van der Waals surface area contributed by atoms with E-state index in [1.54, 1.807) is 13.8 Å². The molecular weight excluding hydrogens is 244 g/mol. The molecule has 1 aliphatic rings. The summed E-state index contributed by atoms with van der Waals surface area (Å²) < 4.78 is 5.18. The standard InChI is InChI=1S/C13H22N4O2/c1-9(10(2)18)13-14-12(15-19-13)7-11-8-16(3)5-6-17(11)4/h9,11H,5-8H2,1-4H3. The summed E-state index contributed by atoms with van der Waals surface area (Å²) in [7, 11) is 4.25. The van der Waals surface area contributed by atoms with Crippen LogP contribution in [0.2, 0.25) is 0 Å². The number of Topliss-reactive ketones (excluding diaryl/α,β-unsaturated/α-hetero) is 1. The maximum atomic E-state index is 11.3. The summed E-state index contributed by atoms with van der Waals surface area (Å²) in [5.74, 6) is 0.849. The van der Waals surface area contributed by atoms with Crippen LogP contribution < -0.4 is 0 Å². The van der Waals surface area contributed by atoms with Gasteiger partial charge in [0, 0.05) is 32.1 Å². The van der Waals surface area contributed by atoms with Gasteiger partial charge < -0.3 is 14.3 Å². The molecule has 1 saturated heterocycles. The second-order valence-corrected chi connectivity index (χ2v) is 5.48. The van der Waals surface area contributed by atoms with E-state index < -0.39 is 0 Å². The van der Waals surface area contributed by atoms with E-state index in [1.165, 1.54) is 0 Å². The van der Waals surface area contributed by atoms with Crippen molar-refractivity contribution in [2.24, 2.45) is 0 Å². The Labute approximate surface area is 113 Å². The summed E-state index contributed by atoms with van der Waals surface area (Å²) in [4.78, 5) is 20.3. The van der Waals surface area contributed by atoms with Gasteiger partial charge in [-0.05, 0) is 27.9 Å². The Morgan fingerprint density at radius 1 is 1.47 bits per heavy atom. The molecular formula is C13H22N4O2. The highest BCUT2D eigenvalue weighted by atomic mass is 16.5. The first-order valence-electron chi connectivity index (χ1n) is 6.69. The molecule has 1 aromatic rings. The van der Waals surface area contributed by atoms with Crippen molar-refractivity contribution in [2.75, 3.05) is 33.7 Å². The second kappa shape index (κ2) is 5.79. The van der Waals surface area contributed by atoms with Gasteiger partial charge in [0.05, 0.1) is 5.92 Å². The quantitative estimate of drug-likeness (QED) is 0.793. The SMILES string of the molecule is CC(=O)C(C)c1nc(CC2CN(C)CCN2C)no1. The van der Waals surface area contributed by atoms with Gasteiger partial charge in [0.1, 0.15) is 5.78 Å². The third-order valence-corrected chi connectivity index (χ3v) is 3.86. The molecule has 0 aliphatic carbocycles. The zero-order chi connectivity index (χ0) is 14.0. The molecule has 0 spiro atoms. The van der Waals surface area contributed by atoms with Gasteiger partial charge in [0.25, 0.3) is 0 Å². The molecule has 2 rings (SSSR count). The first kappa shape index (κ1) is 14.1. The van der Waals surface area contributed by atoms with Crippen LogP contribution >= 0.6 is 0 Å². The van der Waals surface area contributed by atoms with Crippen LogP contribution in [-0.2, 0) is 11.2 Å². The molecule has 0 bridgehead atoms. The van der Waals surface area contributed by atoms with Crippen molar-refractivity contribution in [2.45, 2.75) is 32.2 Å². The molecule has 1 aromatic heterocycles. The van der Waals surface area contributed by atoms with Crippen molar-refractivity contribution in [1.29, 1.82) is 0 Å². The molecule has 1 fully saturated rings. The van der Waals surface area contributed by atoms with E-state index in [-0.39, 0.29) is 11.7 Å². The Kier molecular flexibility index (Phi) is 4.31. The smallest absolute Gasteiger partial charge is 0.236 e. The minimum atomic E-state index is -0.312. The van der Waals surface area contributed by atoms with Gasteiger partial charge in [-0.25, -0.2) is 0 Å². The Hall–Kier alpha value is -1.27. The first-order valence-corrected chi connectivity index (χ1v) is 6.69. The van der Waals surface area contributed by atoms with Gasteiger partial charge in [0.2, 0.25) is 5.89 Å². The highest BCUT2D eigenvalue weighted by Gasteiger charge is 2.25. The van der Waals surface area contributed by atoms with Crippen LogP contribution in [0.3, 0.4) is 0 Å². The number of piperazine rings is 1. The normalized spacial score (nSPS) is 23.5. The number of hydrogen-bond donors (Lipinski definition) is 0. The molecule has 0 N–H and O–H groups in total. The number of hydrogen-bond acceptors (Lipinski definition) is 6. The number of carbonyl (C=O) groups excluding carboxylic acids is 1. The number of rotatable bonds is 4. The average molecular weight is 266 g/mol. The van der Waals surface area contributed by atoms with Gasteiger partial charge >= 0.3 is 0 Å². The van der Waals surface area contributed by atoms with E-state index in [0.717, 1.165) is 26.1 Å². The molecule has 6 heteroatoms. The van der Waals surface area contributed by atoms with E-state index in [2.05, 4.69) is 34.0 Å². The molecule has 2 heterocycles. The molecule has 19 heavy (non-hydrogen) atoms. The zero-order valence-electron chi connectivity index (χ0n) is 12.1. The monoisotopic (exact) mass is 266 g/mol. The number of carbonyl (C=O) groups is 1. The number of nitrogens with zero attached hydrogens (tertiary/aromatic N) is 4. The van der Waals surface area contributed by atoms with Crippen LogP contribution in [-0.4, -0.2) is 65.5 Å². The number of ketones is 1. The second-order valence-electron chi connectivity index (χ2n) is 5.48. The van der Waals surface area contributed by atoms with E-state index in [9.17, 15) is 4.79 Å². The minimum Gasteiger partial charge on any atom is -0.339 e. The summed E-state index contributed by atoms with van der Waals surface area (Å²) in [6.45, 7) is 6.47. The Morgan fingerprint density at radius 2 is 2.21 bits per heavy atom. The van der Waals surface area contributed by atoms with Crippen LogP contribution in [0.25, 0.3) is 0 Å². The average Bonchev–Trinajstić information content (AvgIpc) is 2.81. The molecule has 0 amide bonds. The lowest BCUT2D eigenvalue weighted by atomic mass is 10.1. The third kappa shape index (κ3) is 3.39. The molecule has 2 atom stereocenters. The van der Waals surface area contributed by atoms with Crippen LogP contribution in [0.4, 0.5) is 0 Å². The first-order chi connectivity index (χ1) is 8.97. The van der Waals surface area contributed by atoms with Crippen molar-refractivity contribution >= 4 is 5.78 Å². The number of aromatic nitrogens is 2. The Balaban J connectivity index is 2.01. The Morgan fingerprint density at radius 3 is 2.89 bits per heavy atom. The van der Waals surface area contributed by atoms with Crippen molar-refractivity contribution < 1.29 is 9.32 Å². The van der Waals surface area contributed by atoms with Crippen LogP contribution in [0, 0.1) is 0 Å². The van der Waals surface area contributed by atoms with Crippen molar-refractivity contribution in [3.05, 3.63) is 11.7 Å². The zero-order valence-corrected chi connectivity index (χ0v) is 12.1. The summed E-state index contributed by atoms with van der Waals surface area (Å²) >= 11 is 0. The lowest BCUT2D eigenvalue weighted by Gasteiger charge is -2.37. The van der Waals surface area contributed by atoms with E-state index in [4.69, 9.17) is 4.52 Å². The van der Waals surface area contributed by atoms with Crippen molar-refractivity contribution in [3.63, 3.8) is 0 Å². The van der Waals surface area contributed by atoms with Crippen LogP contribution in [0.1, 0.15) is 31.5 Å². The number of likely N-dealkylation sites (N-methyl/N-ethyl adjacent to an activating group) is 2. The minimum absolute atomic E-state index is 0.0460. The fraction of sp³-hybridized carbons (Fsp3) is 0.769. The van der Waals surface area contributed by atoms with Crippen LogP contribution in [0.15, 0.2) is 4.52 Å². The summed E-state index contributed by atoms with van der Waals surface area (Å²) in [5, 5.41) is 3.99. The lowest BCUT2D eigenvalue weighted by molar-refractivity contribution is -0.118. The molecule has 0 aromatic carbocycles. The Bertz CT molecular complexity index is 446. The van der Waals surface area contributed by atoms with Gasteiger partial charge in [0.15, 0.2) is 5.82 Å². The maximum absolute atomic E-state index is 11.3. The predicted octanol–water partition coefficient (Wildman–Crippen LogP) is 0.550. The highest BCUT2D eigenvalue weighted by Crippen LogP contribution is 2.16. The molecule has 106 valence electrons. The van der Waals surface area contributed by atoms with Gasteiger partial charge in [-0.3, -0.25) is 4.79 Å². The third-order valence-electron chi connectivity index (χ3n) is 3.86. The fourth-order valence-electron chi connectivity index (χ4n) is 2.23. The van der Waals surface area contributed by atoms with E-state index in [1.807, 2.05) is 0 Å². The summed E-state index contributed by atoms with van der Waals surface area (Å²) in [6, 6.07) is 0.400. The largest absolute Gasteiger partial charge is 0.339 e. The lowest BCUT2D eigenvalue weighted by Crippen LogP contribution is -2.50. The van der Waals surface area contributed by atoms with Crippen molar-refractivity contribution in [3.8, 4) is 0 Å². The van der Waals surface area contributed by atoms with Gasteiger partial charge in [-0.1, -0.05) is 5.16 Å². The molecule has 1 aliphatic heterocycles.